The van der Waals surface area contributed by atoms with Crippen molar-refractivity contribution in [3.63, 3.8) is 0 Å². The van der Waals surface area contributed by atoms with Gasteiger partial charge in [-0.1, -0.05) is 53.6 Å². The number of aliphatic hydroxyl groups is 4. The average Bonchev–Trinajstić information content (AvgIpc) is 3.12. The standard InChI is InChI=1S/C34H43N5O11/c1-18(41)22-7-3-20(4-8-22)15-36-32(46)24-13-26(48-12-11-38-39-35)27(49-34-31(45)30(44)29(43)28(17-40)50-34)14-25(24)33(47)37-16-21-5-9-23(10-6-21)19(2)42/h3-10,24-31,34,40,43-45H,11-17H2,1-2H3,(H,36,46)(H,37,47)/t24-,25-,26-,27-,28+,29+,30-,31-,34-/m0/s1. The van der Waals surface area contributed by atoms with Gasteiger partial charge in [0.15, 0.2) is 17.9 Å². The van der Waals surface area contributed by atoms with Crippen molar-refractivity contribution in [2.75, 3.05) is 19.8 Å². The number of nitrogens with one attached hydrogen (secondary N) is 2. The molecule has 2 aromatic rings. The summed E-state index contributed by atoms with van der Waals surface area (Å²) in [5.41, 5.74) is 11.2. The van der Waals surface area contributed by atoms with Gasteiger partial charge in [0.25, 0.3) is 0 Å². The van der Waals surface area contributed by atoms with E-state index in [0.717, 1.165) is 5.56 Å². The first-order chi connectivity index (χ1) is 23.9. The normalized spacial score (nSPS) is 27.8. The summed E-state index contributed by atoms with van der Waals surface area (Å²) in [5, 5.41) is 50.1. The summed E-state index contributed by atoms with van der Waals surface area (Å²) < 4.78 is 17.6. The summed E-state index contributed by atoms with van der Waals surface area (Å²) in [5.74, 6) is -3.07. The molecule has 1 heterocycles. The van der Waals surface area contributed by atoms with Gasteiger partial charge in [-0.15, -0.1) is 0 Å². The minimum Gasteiger partial charge on any atom is -0.394 e. The predicted octanol–water partition coefficient (Wildman–Crippen LogP) is 0.931. The van der Waals surface area contributed by atoms with E-state index in [1.807, 2.05) is 0 Å². The quantitative estimate of drug-likeness (QED) is 0.0502. The van der Waals surface area contributed by atoms with E-state index < -0.39 is 73.2 Å². The summed E-state index contributed by atoms with van der Waals surface area (Å²) in [6, 6.07) is 13.4. The van der Waals surface area contributed by atoms with Crippen LogP contribution in [0.5, 0.6) is 0 Å². The van der Waals surface area contributed by atoms with Crippen molar-refractivity contribution in [3.8, 4) is 0 Å². The van der Waals surface area contributed by atoms with Crippen molar-refractivity contribution in [2.24, 2.45) is 17.0 Å². The molecule has 6 N–H and O–H groups in total. The zero-order chi connectivity index (χ0) is 36.4. The minimum absolute atomic E-state index is 0.0424. The third-order valence-corrected chi connectivity index (χ3v) is 8.94. The maximum Gasteiger partial charge on any atom is 0.224 e. The van der Waals surface area contributed by atoms with Gasteiger partial charge in [-0.05, 0) is 43.3 Å². The molecule has 1 aliphatic carbocycles. The number of hydrogen-bond acceptors (Lipinski definition) is 12. The third kappa shape index (κ3) is 9.93. The van der Waals surface area contributed by atoms with Crippen LogP contribution < -0.4 is 10.6 Å². The Morgan fingerprint density at radius 2 is 1.32 bits per heavy atom. The second kappa shape index (κ2) is 18.1. The van der Waals surface area contributed by atoms with E-state index in [9.17, 15) is 39.6 Å². The Labute approximate surface area is 288 Å². The summed E-state index contributed by atoms with van der Waals surface area (Å²) >= 11 is 0. The van der Waals surface area contributed by atoms with Crippen molar-refractivity contribution >= 4 is 23.4 Å². The predicted molar refractivity (Wildman–Crippen MR) is 175 cm³/mol. The van der Waals surface area contributed by atoms with Gasteiger partial charge in [-0.25, -0.2) is 0 Å². The number of rotatable bonds is 15. The van der Waals surface area contributed by atoms with E-state index in [1.165, 1.54) is 13.8 Å². The first-order valence-electron chi connectivity index (χ1n) is 16.3. The van der Waals surface area contributed by atoms with Crippen molar-refractivity contribution in [3.05, 3.63) is 81.2 Å². The topological polar surface area (TPSA) is 250 Å². The number of carbonyl (C=O) groups is 4. The van der Waals surface area contributed by atoms with Crippen LogP contribution in [0.3, 0.4) is 0 Å². The Kier molecular flexibility index (Phi) is 14.0. The molecule has 16 nitrogen and oxygen atoms in total. The highest BCUT2D eigenvalue weighted by Gasteiger charge is 2.49. The van der Waals surface area contributed by atoms with E-state index in [4.69, 9.17) is 19.7 Å². The lowest BCUT2D eigenvalue weighted by molar-refractivity contribution is -0.321. The molecular formula is C34H43N5O11. The van der Waals surface area contributed by atoms with Gasteiger partial charge >= 0.3 is 0 Å². The van der Waals surface area contributed by atoms with E-state index >= 15 is 0 Å². The van der Waals surface area contributed by atoms with Gasteiger partial charge < -0.3 is 45.3 Å². The number of amides is 2. The number of aliphatic hydroxyl groups excluding tert-OH is 4. The number of Topliss-reactive ketones (excluding diaryl/α,β-unsaturated/α-hetero) is 2. The molecule has 2 fully saturated rings. The van der Waals surface area contributed by atoms with Gasteiger partial charge in [0, 0.05) is 35.7 Å². The number of azide groups is 1. The Bertz CT molecular complexity index is 1530. The molecule has 0 bridgehead atoms. The molecule has 2 aromatic carbocycles. The van der Waals surface area contributed by atoms with Crippen LogP contribution in [0, 0.1) is 11.8 Å². The van der Waals surface area contributed by atoms with Gasteiger partial charge in [0.1, 0.15) is 24.4 Å². The third-order valence-electron chi connectivity index (χ3n) is 8.94. The lowest BCUT2D eigenvalue weighted by atomic mass is 9.75. The smallest absolute Gasteiger partial charge is 0.224 e. The second-order valence-corrected chi connectivity index (χ2v) is 12.4. The van der Waals surface area contributed by atoms with Crippen LogP contribution in [0.15, 0.2) is 53.6 Å². The van der Waals surface area contributed by atoms with Gasteiger partial charge in [0.2, 0.25) is 11.8 Å². The molecule has 4 rings (SSSR count). The summed E-state index contributed by atoms with van der Waals surface area (Å²) in [4.78, 5) is 53.7. The Balaban J connectivity index is 1.57. The number of ether oxygens (including phenoxy) is 3. The highest BCUT2D eigenvalue weighted by atomic mass is 16.7. The first-order valence-corrected chi connectivity index (χ1v) is 16.3. The van der Waals surface area contributed by atoms with Crippen molar-refractivity contribution in [1.29, 1.82) is 0 Å². The lowest BCUT2D eigenvalue weighted by Gasteiger charge is -2.44. The molecular weight excluding hydrogens is 654 g/mol. The number of ketones is 2. The molecule has 16 heteroatoms. The van der Waals surface area contributed by atoms with Gasteiger partial charge in [0.05, 0.1) is 37.3 Å². The minimum atomic E-state index is -1.72. The van der Waals surface area contributed by atoms with E-state index in [0.29, 0.717) is 16.7 Å². The molecule has 50 heavy (non-hydrogen) atoms. The SMILES string of the molecule is CC(=O)c1ccc(CNC(=O)[C@H]2C[C@H](OCCN=[N+]=[N-])[C@@H](O[C@H]3O[C@H](CO)[C@@H](O)[C@H](O)[C@@H]3O)C[C@@H]2C(=O)NCc2ccc(C(C)=O)cc2)cc1. The summed E-state index contributed by atoms with van der Waals surface area (Å²) in [7, 11) is 0. The van der Waals surface area contributed by atoms with Crippen LogP contribution in [-0.4, -0.2) is 106 Å². The molecule has 1 saturated carbocycles. The Morgan fingerprint density at radius 1 is 0.820 bits per heavy atom. The Hall–Kier alpha value is -4.25. The van der Waals surface area contributed by atoms with Gasteiger partial charge in [-0.3, -0.25) is 19.2 Å². The van der Waals surface area contributed by atoms with Crippen LogP contribution >= 0.6 is 0 Å². The van der Waals surface area contributed by atoms with Crippen LogP contribution in [-0.2, 0) is 36.9 Å². The fourth-order valence-corrected chi connectivity index (χ4v) is 6.03. The highest BCUT2D eigenvalue weighted by Crippen LogP contribution is 2.36. The molecule has 0 spiro atoms. The monoisotopic (exact) mass is 697 g/mol. The van der Waals surface area contributed by atoms with Crippen molar-refractivity contribution in [1.82, 2.24) is 10.6 Å². The van der Waals surface area contributed by atoms with Crippen LogP contribution in [0.2, 0.25) is 0 Å². The number of nitrogens with zero attached hydrogens (tertiary/aromatic N) is 3. The number of hydrogen-bond donors (Lipinski definition) is 6. The van der Waals surface area contributed by atoms with Crippen LogP contribution in [0.4, 0.5) is 0 Å². The molecule has 9 atom stereocenters. The second-order valence-electron chi connectivity index (χ2n) is 12.4. The van der Waals surface area contributed by atoms with E-state index in [2.05, 4.69) is 20.7 Å². The molecule has 0 unspecified atom stereocenters. The van der Waals surface area contributed by atoms with Crippen LogP contribution in [0.1, 0.15) is 58.5 Å². The fraction of sp³-hybridized carbons (Fsp3) is 0.529. The Morgan fingerprint density at radius 3 is 1.78 bits per heavy atom. The zero-order valence-corrected chi connectivity index (χ0v) is 27.8. The molecule has 1 aliphatic heterocycles. The van der Waals surface area contributed by atoms with Gasteiger partial charge in [-0.2, -0.15) is 0 Å². The molecule has 2 aliphatic rings. The fourth-order valence-electron chi connectivity index (χ4n) is 6.03. The van der Waals surface area contributed by atoms with Crippen LogP contribution in [0.25, 0.3) is 10.4 Å². The molecule has 2 amide bonds. The average molecular weight is 698 g/mol. The van der Waals surface area contributed by atoms with E-state index in [1.54, 1.807) is 48.5 Å². The maximum atomic E-state index is 13.8. The molecule has 1 saturated heterocycles. The molecule has 270 valence electrons. The zero-order valence-electron chi connectivity index (χ0n) is 27.8. The van der Waals surface area contributed by atoms with Crippen molar-refractivity contribution < 1.29 is 53.8 Å². The number of carbonyl (C=O) groups excluding carboxylic acids is 4. The molecule has 0 radical (unpaired) electrons. The summed E-state index contributed by atoms with van der Waals surface area (Å²) in [6.45, 7) is 2.31. The summed E-state index contributed by atoms with van der Waals surface area (Å²) in [6.07, 6.45) is -9.88. The maximum absolute atomic E-state index is 13.8. The number of benzene rings is 2. The van der Waals surface area contributed by atoms with E-state index in [-0.39, 0.29) is 50.6 Å². The van der Waals surface area contributed by atoms with Crippen molar-refractivity contribution in [2.45, 2.75) is 82.7 Å². The largest absolute Gasteiger partial charge is 0.394 e. The lowest BCUT2D eigenvalue weighted by Crippen LogP contribution is -2.61. The first kappa shape index (κ1) is 38.6. The highest BCUT2D eigenvalue weighted by molar-refractivity contribution is 5.94. The molecule has 0 aromatic heterocycles.